The second kappa shape index (κ2) is 6.37. The zero-order valence-electron chi connectivity index (χ0n) is 12.7. The normalized spacial score (nSPS) is 13.4. The highest BCUT2D eigenvalue weighted by Crippen LogP contribution is 2.29. The van der Waals surface area contributed by atoms with Crippen molar-refractivity contribution in [3.05, 3.63) is 35.4 Å². The van der Waals surface area contributed by atoms with Crippen LogP contribution in [0.1, 0.15) is 43.6 Å². The van der Waals surface area contributed by atoms with Crippen LogP contribution in [0.25, 0.3) is 0 Å². The lowest BCUT2D eigenvalue weighted by Gasteiger charge is -2.21. The number of alkyl halides is 3. The summed E-state index contributed by atoms with van der Waals surface area (Å²) in [5.41, 5.74) is -1.32. The number of amides is 1. The number of Topliss-reactive ketones (excluding diaryl/α,β-unsaturated/α-hetero) is 1. The van der Waals surface area contributed by atoms with Crippen molar-refractivity contribution in [2.45, 2.75) is 45.5 Å². The first-order valence-corrected chi connectivity index (χ1v) is 6.60. The van der Waals surface area contributed by atoms with Gasteiger partial charge in [-0.1, -0.05) is 12.1 Å². The van der Waals surface area contributed by atoms with Crippen molar-refractivity contribution in [3.63, 3.8) is 0 Å². The van der Waals surface area contributed by atoms with Gasteiger partial charge in [0.1, 0.15) is 0 Å². The standard InChI is InChI=1S/C15H18F3NO3/c1-9(22-13(21)19-14(2,3)4)12(20)10-5-7-11(8-6-10)15(16,17)18/h5-9H,1-4H3,(H,19,21). The Morgan fingerprint density at radius 2 is 1.59 bits per heavy atom. The number of hydrogen-bond acceptors (Lipinski definition) is 3. The van der Waals surface area contributed by atoms with Crippen LogP contribution in [-0.2, 0) is 10.9 Å². The van der Waals surface area contributed by atoms with E-state index in [9.17, 15) is 22.8 Å². The van der Waals surface area contributed by atoms with Gasteiger partial charge in [-0.2, -0.15) is 13.2 Å². The number of nitrogens with one attached hydrogen (secondary N) is 1. The van der Waals surface area contributed by atoms with E-state index in [-0.39, 0.29) is 5.56 Å². The molecular weight excluding hydrogens is 299 g/mol. The number of alkyl carbamates (subject to hydrolysis) is 1. The summed E-state index contributed by atoms with van der Waals surface area (Å²) in [5.74, 6) is -0.571. The van der Waals surface area contributed by atoms with Crippen LogP contribution in [0.3, 0.4) is 0 Å². The van der Waals surface area contributed by atoms with Gasteiger partial charge in [0.05, 0.1) is 5.56 Å². The van der Waals surface area contributed by atoms with E-state index in [1.807, 2.05) is 0 Å². The van der Waals surface area contributed by atoms with E-state index in [2.05, 4.69) is 5.32 Å². The maximum atomic E-state index is 12.4. The second-order valence-electron chi connectivity index (χ2n) is 5.86. The Bertz CT molecular complexity index is 545. The first-order valence-electron chi connectivity index (χ1n) is 6.60. The van der Waals surface area contributed by atoms with Crippen LogP contribution in [0.5, 0.6) is 0 Å². The molecule has 0 saturated heterocycles. The van der Waals surface area contributed by atoms with Gasteiger partial charge in [-0.3, -0.25) is 4.79 Å². The molecule has 0 aliphatic rings. The molecular formula is C15H18F3NO3. The third-order valence-electron chi connectivity index (χ3n) is 2.63. The highest BCUT2D eigenvalue weighted by molar-refractivity contribution is 6.00. The van der Waals surface area contributed by atoms with Crippen molar-refractivity contribution < 1.29 is 27.5 Å². The van der Waals surface area contributed by atoms with Gasteiger partial charge in [0.15, 0.2) is 6.10 Å². The fraction of sp³-hybridized carbons (Fsp3) is 0.467. The molecule has 0 aromatic heterocycles. The SMILES string of the molecule is CC(OC(=O)NC(C)(C)C)C(=O)c1ccc(C(F)(F)F)cc1. The molecule has 1 rings (SSSR count). The smallest absolute Gasteiger partial charge is 0.416 e. The molecule has 0 spiro atoms. The van der Waals surface area contributed by atoms with Crippen molar-refractivity contribution in [2.75, 3.05) is 0 Å². The molecule has 1 aromatic carbocycles. The van der Waals surface area contributed by atoms with Crippen molar-refractivity contribution in [3.8, 4) is 0 Å². The second-order valence-corrected chi connectivity index (χ2v) is 5.86. The molecule has 0 aliphatic heterocycles. The van der Waals surface area contributed by atoms with Crippen LogP contribution in [0.4, 0.5) is 18.0 Å². The Balaban J connectivity index is 2.73. The molecule has 0 heterocycles. The maximum Gasteiger partial charge on any atom is 0.416 e. The lowest BCUT2D eigenvalue weighted by molar-refractivity contribution is -0.137. The molecule has 0 aliphatic carbocycles. The molecule has 4 nitrogen and oxygen atoms in total. The van der Waals surface area contributed by atoms with E-state index >= 15 is 0 Å². The third-order valence-corrected chi connectivity index (χ3v) is 2.63. The molecule has 1 N–H and O–H groups in total. The Morgan fingerprint density at radius 3 is 2.00 bits per heavy atom. The molecule has 22 heavy (non-hydrogen) atoms. The molecule has 0 saturated carbocycles. The number of benzene rings is 1. The Labute approximate surface area is 126 Å². The number of carbonyl (C=O) groups is 2. The molecule has 0 bridgehead atoms. The predicted octanol–water partition coefficient (Wildman–Crippen LogP) is 3.80. The number of ketones is 1. The van der Waals surface area contributed by atoms with Crippen LogP contribution < -0.4 is 5.32 Å². The summed E-state index contributed by atoms with van der Waals surface area (Å²) in [6.07, 6.45) is -6.32. The summed E-state index contributed by atoms with van der Waals surface area (Å²) in [6, 6.07) is 3.75. The van der Waals surface area contributed by atoms with Crippen LogP contribution in [-0.4, -0.2) is 23.5 Å². The van der Waals surface area contributed by atoms with Crippen molar-refractivity contribution >= 4 is 11.9 Å². The molecule has 1 unspecified atom stereocenters. The van der Waals surface area contributed by atoms with Crippen molar-refractivity contribution in [1.29, 1.82) is 0 Å². The molecule has 1 aromatic rings. The minimum Gasteiger partial charge on any atom is -0.438 e. The number of hydrogen-bond donors (Lipinski definition) is 1. The predicted molar refractivity (Wildman–Crippen MR) is 74.6 cm³/mol. The summed E-state index contributed by atoms with van der Waals surface area (Å²) < 4.78 is 42.3. The molecule has 0 radical (unpaired) electrons. The molecule has 0 fully saturated rings. The fourth-order valence-corrected chi connectivity index (χ4v) is 1.61. The van der Waals surface area contributed by atoms with E-state index in [4.69, 9.17) is 4.74 Å². The van der Waals surface area contributed by atoms with Crippen LogP contribution in [0, 0.1) is 0 Å². The first-order chi connectivity index (χ1) is 9.90. The average Bonchev–Trinajstić information content (AvgIpc) is 2.34. The van der Waals surface area contributed by atoms with Gasteiger partial charge in [0, 0.05) is 11.1 Å². The fourth-order valence-electron chi connectivity index (χ4n) is 1.61. The van der Waals surface area contributed by atoms with Gasteiger partial charge in [-0.05, 0) is 39.8 Å². The summed E-state index contributed by atoms with van der Waals surface area (Å²) >= 11 is 0. The zero-order chi connectivity index (χ0) is 17.1. The lowest BCUT2D eigenvalue weighted by atomic mass is 10.0. The minimum absolute atomic E-state index is 0.0454. The Hall–Kier alpha value is -2.05. The van der Waals surface area contributed by atoms with Crippen LogP contribution >= 0.6 is 0 Å². The van der Waals surface area contributed by atoms with E-state index < -0.39 is 35.3 Å². The number of rotatable bonds is 3. The largest absolute Gasteiger partial charge is 0.438 e. The Morgan fingerprint density at radius 1 is 1.09 bits per heavy atom. The van der Waals surface area contributed by atoms with Gasteiger partial charge >= 0.3 is 12.3 Å². The van der Waals surface area contributed by atoms with Gasteiger partial charge in [0.25, 0.3) is 0 Å². The van der Waals surface area contributed by atoms with Gasteiger partial charge < -0.3 is 10.1 Å². The highest BCUT2D eigenvalue weighted by Gasteiger charge is 2.30. The van der Waals surface area contributed by atoms with Crippen molar-refractivity contribution in [2.24, 2.45) is 0 Å². The number of halogens is 3. The zero-order valence-corrected chi connectivity index (χ0v) is 12.7. The molecule has 1 atom stereocenters. The van der Waals surface area contributed by atoms with Crippen molar-refractivity contribution in [1.82, 2.24) is 5.32 Å². The molecule has 122 valence electrons. The van der Waals surface area contributed by atoms with Gasteiger partial charge in [0.2, 0.25) is 5.78 Å². The molecule has 1 amide bonds. The first kappa shape index (κ1) is 18.0. The third kappa shape index (κ3) is 5.38. The summed E-state index contributed by atoms with van der Waals surface area (Å²) in [7, 11) is 0. The minimum atomic E-state index is -4.46. The van der Waals surface area contributed by atoms with E-state index in [0.29, 0.717) is 0 Å². The summed E-state index contributed by atoms with van der Waals surface area (Å²) in [4.78, 5) is 23.6. The maximum absolute atomic E-state index is 12.4. The van der Waals surface area contributed by atoms with Crippen LogP contribution in [0.15, 0.2) is 24.3 Å². The summed E-state index contributed by atoms with van der Waals surface area (Å²) in [6.45, 7) is 6.60. The van der Waals surface area contributed by atoms with E-state index in [1.54, 1.807) is 20.8 Å². The van der Waals surface area contributed by atoms with E-state index in [0.717, 1.165) is 24.3 Å². The van der Waals surface area contributed by atoms with Crippen LogP contribution in [0.2, 0.25) is 0 Å². The molecule has 7 heteroatoms. The number of carbonyl (C=O) groups excluding carboxylic acids is 2. The average molecular weight is 317 g/mol. The monoisotopic (exact) mass is 317 g/mol. The highest BCUT2D eigenvalue weighted by atomic mass is 19.4. The van der Waals surface area contributed by atoms with E-state index in [1.165, 1.54) is 6.92 Å². The quantitative estimate of drug-likeness (QED) is 0.863. The lowest BCUT2D eigenvalue weighted by Crippen LogP contribution is -2.43. The van der Waals surface area contributed by atoms with Gasteiger partial charge in [-0.25, -0.2) is 4.79 Å². The number of ether oxygens (including phenoxy) is 1. The Kier molecular flexibility index (Phi) is 5.22. The van der Waals surface area contributed by atoms with Gasteiger partial charge in [-0.15, -0.1) is 0 Å². The topological polar surface area (TPSA) is 55.4 Å². The summed E-state index contributed by atoms with van der Waals surface area (Å²) in [5, 5.41) is 2.52.